The van der Waals surface area contributed by atoms with Crippen molar-refractivity contribution in [3.05, 3.63) is 18.0 Å². The van der Waals surface area contributed by atoms with Crippen molar-refractivity contribution in [2.45, 2.75) is 24.6 Å². The molecule has 0 aromatic carbocycles. The van der Waals surface area contributed by atoms with E-state index in [0.717, 1.165) is 12.8 Å². The highest BCUT2D eigenvalue weighted by molar-refractivity contribution is 14.0. The van der Waals surface area contributed by atoms with E-state index in [0.29, 0.717) is 50.9 Å². The van der Waals surface area contributed by atoms with Gasteiger partial charge in [0.1, 0.15) is 12.0 Å². The smallest absolute Gasteiger partial charge is 0.220 e. The van der Waals surface area contributed by atoms with Gasteiger partial charge in [-0.1, -0.05) is 5.16 Å². The number of piperazine rings is 1. The van der Waals surface area contributed by atoms with Gasteiger partial charge >= 0.3 is 0 Å². The Bertz CT molecular complexity index is 914. The van der Waals surface area contributed by atoms with Crippen LogP contribution in [0, 0.1) is 0 Å². The topological polar surface area (TPSA) is 128 Å². The Morgan fingerprint density at radius 3 is 2.50 bits per heavy atom. The summed E-state index contributed by atoms with van der Waals surface area (Å²) in [6.45, 7) is 2.71. The average molecular weight is 576 g/mol. The fourth-order valence-corrected chi connectivity index (χ4v) is 6.37. The van der Waals surface area contributed by atoms with Crippen molar-refractivity contribution in [2.75, 3.05) is 52.6 Å². The van der Waals surface area contributed by atoms with E-state index in [1.165, 1.54) is 21.1 Å². The molecule has 0 saturated carbocycles. The number of halogens is 1. The molecule has 30 heavy (non-hydrogen) atoms. The van der Waals surface area contributed by atoms with Crippen molar-refractivity contribution in [1.82, 2.24) is 24.0 Å². The van der Waals surface area contributed by atoms with Crippen LogP contribution in [-0.4, -0.2) is 100 Å². The maximum Gasteiger partial charge on any atom is 0.220 e. The molecule has 0 amide bonds. The summed E-state index contributed by atoms with van der Waals surface area (Å²) in [6, 6.07) is 1.45. The van der Waals surface area contributed by atoms with Crippen molar-refractivity contribution in [1.29, 1.82) is 0 Å². The highest BCUT2D eigenvalue weighted by Gasteiger charge is 2.32. The first-order chi connectivity index (χ1) is 13.7. The Labute approximate surface area is 195 Å². The zero-order chi connectivity index (χ0) is 21.1. The molecule has 2 fully saturated rings. The molecule has 2 aliphatic rings. The molecule has 0 aliphatic carbocycles. The molecule has 3 heterocycles. The molecule has 1 aromatic heterocycles. The number of nitrogens with one attached hydrogen (secondary N) is 1. The molecule has 1 aromatic rings. The Hall–Kier alpha value is -0.970. The van der Waals surface area contributed by atoms with Gasteiger partial charge in [-0.25, -0.2) is 16.8 Å². The van der Waals surface area contributed by atoms with Crippen LogP contribution in [0.3, 0.4) is 0 Å². The van der Waals surface area contributed by atoms with E-state index in [2.05, 4.69) is 15.5 Å². The first-order valence-corrected chi connectivity index (χ1v) is 13.0. The molecule has 1 atom stereocenters. The Morgan fingerprint density at radius 1 is 1.23 bits per heavy atom. The van der Waals surface area contributed by atoms with Crippen LogP contribution in [0.2, 0.25) is 0 Å². The molecular weight excluding hydrogens is 547 g/mol. The predicted molar refractivity (Wildman–Crippen MR) is 124 cm³/mol. The van der Waals surface area contributed by atoms with Gasteiger partial charge in [-0.2, -0.15) is 8.61 Å². The quantitative estimate of drug-likeness (QED) is 0.279. The first kappa shape index (κ1) is 25.3. The number of rotatable bonds is 6. The minimum absolute atomic E-state index is 0. The molecule has 0 unspecified atom stereocenters. The first-order valence-electron chi connectivity index (χ1n) is 9.50. The van der Waals surface area contributed by atoms with Gasteiger partial charge in [0.25, 0.3) is 0 Å². The van der Waals surface area contributed by atoms with Gasteiger partial charge in [-0.05, 0) is 12.8 Å². The lowest BCUT2D eigenvalue weighted by molar-refractivity contribution is 0.258. The van der Waals surface area contributed by atoms with E-state index in [1.807, 2.05) is 4.90 Å². The third-order valence-electron chi connectivity index (χ3n) is 5.21. The summed E-state index contributed by atoms with van der Waals surface area (Å²) in [5, 5.41) is 6.92. The lowest BCUT2D eigenvalue weighted by atomic mass is 10.2. The van der Waals surface area contributed by atoms with Crippen LogP contribution in [0.1, 0.15) is 18.5 Å². The van der Waals surface area contributed by atoms with Gasteiger partial charge in [0.2, 0.25) is 20.0 Å². The Kier molecular flexibility index (Phi) is 8.91. The van der Waals surface area contributed by atoms with Crippen LogP contribution in [0.15, 0.2) is 21.8 Å². The van der Waals surface area contributed by atoms with Crippen LogP contribution in [0.25, 0.3) is 0 Å². The van der Waals surface area contributed by atoms with Crippen molar-refractivity contribution in [2.24, 2.45) is 4.99 Å². The monoisotopic (exact) mass is 576 g/mol. The van der Waals surface area contributed by atoms with E-state index >= 15 is 0 Å². The van der Waals surface area contributed by atoms with Gasteiger partial charge in [-0.3, -0.25) is 4.99 Å². The number of guanidine groups is 1. The summed E-state index contributed by atoms with van der Waals surface area (Å²) in [5.41, 5.74) is 0.386. The number of aromatic nitrogens is 1. The van der Waals surface area contributed by atoms with Gasteiger partial charge in [0.05, 0.1) is 11.9 Å². The second-order valence-corrected chi connectivity index (χ2v) is 11.1. The Morgan fingerprint density at radius 2 is 1.93 bits per heavy atom. The second kappa shape index (κ2) is 10.6. The molecular formula is C16H29IN6O5S2. The second-order valence-electron chi connectivity index (χ2n) is 7.23. The zero-order valence-electron chi connectivity index (χ0n) is 17.1. The summed E-state index contributed by atoms with van der Waals surface area (Å²) in [6.07, 6.45) is 4.25. The predicted octanol–water partition coefficient (Wildman–Crippen LogP) is -0.261. The summed E-state index contributed by atoms with van der Waals surface area (Å²) >= 11 is 0. The molecule has 3 rings (SSSR count). The van der Waals surface area contributed by atoms with Crippen LogP contribution in [0.4, 0.5) is 0 Å². The maximum atomic E-state index is 12.5. The fraction of sp³-hybridized carbons (Fsp3) is 0.750. The minimum atomic E-state index is -3.46. The lowest BCUT2D eigenvalue weighted by Crippen LogP contribution is -2.55. The molecule has 2 aliphatic heterocycles. The van der Waals surface area contributed by atoms with Gasteiger partial charge in [-0.15, -0.1) is 24.0 Å². The summed E-state index contributed by atoms with van der Waals surface area (Å²) in [4.78, 5) is 6.27. The molecule has 172 valence electrons. The molecule has 0 bridgehead atoms. The zero-order valence-corrected chi connectivity index (χ0v) is 21.1. The third-order valence-corrected chi connectivity index (χ3v) is 8.35. The maximum absolute atomic E-state index is 12.5. The Balaban J connectivity index is 0.00000320. The molecule has 2 saturated heterocycles. The van der Waals surface area contributed by atoms with Gasteiger partial charge in [0.15, 0.2) is 5.96 Å². The molecule has 0 spiro atoms. The van der Waals surface area contributed by atoms with Gasteiger partial charge in [0, 0.05) is 58.4 Å². The SMILES string of the molecule is CN=C(NC[C@H]1CCCN1S(C)(=O)=O)N1CCN(S(=O)(=O)Cc2ccon2)CC1.I. The standard InChI is InChI=1S/C16H28N6O5S2.HI/c1-17-16(18-12-15-4-3-6-22(15)28(2,23)24)20-7-9-21(10-8-20)29(25,26)13-14-5-11-27-19-14;/h5,11,15H,3-4,6-10,12-13H2,1-2H3,(H,17,18);1H/t15-;/m1./s1. The number of aliphatic imine (C=N–C) groups is 1. The van der Waals surface area contributed by atoms with Gasteiger partial charge < -0.3 is 14.7 Å². The normalized spacial score (nSPS) is 22.1. The van der Waals surface area contributed by atoms with Crippen molar-refractivity contribution in [3.8, 4) is 0 Å². The average Bonchev–Trinajstić information content (AvgIpc) is 3.34. The van der Waals surface area contributed by atoms with Crippen LogP contribution in [-0.2, 0) is 25.8 Å². The van der Waals surface area contributed by atoms with E-state index in [9.17, 15) is 16.8 Å². The van der Waals surface area contributed by atoms with Crippen LogP contribution >= 0.6 is 24.0 Å². The minimum Gasteiger partial charge on any atom is -0.364 e. The lowest BCUT2D eigenvalue weighted by Gasteiger charge is -2.36. The summed E-state index contributed by atoms with van der Waals surface area (Å²) in [5.74, 6) is 0.471. The van der Waals surface area contributed by atoms with Crippen LogP contribution < -0.4 is 5.32 Å². The third kappa shape index (κ3) is 6.27. The number of sulfonamides is 2. The molecule has 0 radical (unpaired) electrons. The molecule has 11 nitrogen and oxygen atoms in total. The van der Waals surface area contributed by atoms with E-state index in [4.69, 9.17) is 4.52 Å². The van der Waals surface area contributed by atoms with E-state index in [1.54, 1.807) is 13.1 Å². The summed E-state index contributed by atoms with van der Waals surface area (Å²) < 4.78 is 56.6. The highest BCUT2D eigenvalue weighted by Crippen LogP contribution is 2.20. The molecule has 1 N–H and O–H groups in total. The highest BCUT2D eigenvalue weighted by atomic mass is 127. The molecule has 14 heteroatoms. The number of hydrogen-bond acceptors (Lipinski definition) is 7. The van der Waals surface area contributed by atoms with Crippen molar-refractivity contribution >= 4 is 50.0 Å². The van der Waals surface area contributed by atoms with Crippen LogP contribution in [0.5, 0.6) is 0 Å². The fourth-order valence-electron chi connectivity index (χ4n) is 3.76. The van der Waals surface area contributed by atoms with E-state index < -0.39 is 20.0 Å². The summed E-state index contributed by atoms with van der Waals surface area (Å²) in [7, 11) is -5.02. The number of nitrogens with zero attached hydrogens (tertiary/aromatic N) is 5. The van der Waals surface area contributed by atoms with Crippen molar-refractivity contribution in [3.63, 3.8) is 0 Å². The van der Waals surface area contributed by atoms with E-state index in [-0.39, 0.29) is 35.8 Å². The van der Waals surface area contributed by atoms with Crippen molar-refractivity contribution < 1.29 is 21.4 Å². The largest absolute Gasteiger partial charge is 0.364 e. The number of hydrogen-bond donors (Lipinski definition) is 1.